The number of aliphatic hydroxyl groups is 5. The Kier molecular flexibility index (Phi) is 4.51. The third-order valence-corrected chi connectivity index (χ3v) is 3.35. The average Bonchev–Trinajstić information content (AvgIpc) is 2.45. The molecule has 0 saturated carbocycles. The normalized spacial score (nSPS) is 35.3. The fourth-order valence-corrected chi connectivity index (χ4v) is 2.25. The summed E-state index contributed by atoms with van der Waals surface area (Å²) in [5, 5.41) is 47.6. The van der Waals surface area contributed by atoms with E-state index in [0.717, 1.165) is 0 Å². The number of hydrogen-bond donors (Lipinski definition) is 5. The maximum Gasteiger partial charge on any atom is 0.113 e. The lowest BCUT2D eigenvalue weighted by Crippen LogP contribution is -2.55. The predicted molar refractivity (Wildman–Crippen MR) is 65.1 cm³/mol. The Labute approximate surface area is 110 Å². The predicted octanol–water partition coefficient (Wildman–Crippen LogP) is -1.31. The van der Waals surface area contributed by atoms with Gasteiger partial charge in [0.05, 0.1) is 13.2 Å². The Balaban J connectivity index is 2.26. The molecular formula is C13H18O6. The van der Waals surface area contributed by atoms with Gasteiger partial charge in [0.2, 0.25) is 0 Å². The highest BCUT2D eigenvalue weighted by atomic mass is 16.5. The molecule has 6 heteroatoms. The first-order valence-corrected chi connectivity index (χ1v) is 6.08. The molecule has 5 N–H and O–H groups in total. The molecule has 1 fully saturated rings. The molecule has 0 bridgehead atoms. The summed E-state index contributed by atoms with van der Waals surface area (Å²) in [5.41, 5.74) is 1.22. The Hall–Kier alpha value is -1.02. The topological polar surface area (TPSA) is 110 Å². The maximum atomic E-state index is 9.96. The zero-order valence-corrected chi connectivity index (χ0v) is 10.3. The molecular weight excluding hydrogens is 252 g/mol. The summed E-state index contributed by atoms with van der Waals surface area (Å²) < 4.78 is 5.42. The van der Waals surface area contributed by atoms with Gasteiger partial charge < -0.3 is 30.3 Å². The van der Waals surface area contributed by atoms with Gasteiger partial charge in [-0.1, -0.05) is 24.3 Å². The van der Waals surface area contributed by atoms with Gasteiger partial charge >= 0.3 is 0 Å². The van der Waals surface area contributed by atoms with Crippen LogP contribution in [0.5, 0.6) is 0 Å². The Morgan fingerprint density at radius 3 is 2.37 bits per heavy atom. The summed E-state index contributed by atoms with van der Waals surface area (Å²) >= 11 is 0. The smallest absolute Gasteiger partial charge is 0.113 e. The van der Waals surface area contributed by atoms with Crippen molar-refractivity contribution in [1.29, 1.82) is 0 Å². The van der Waals surface area contributed by atoms with E-state index in [9.17, 15) is 15.3 Å². The molecule has 1 aromatic carbocycles. The first-order valence-electron chi connectivity index (χ1n) is 6.08. The summed E-state index contributed by atoms with van der Waals surface area (Å²) in [6.07, 6.45) is -5.85. The van der Waals surface area contributed by atoms with Crippen molar-refractivity contribution in [2.75, 3.05) is 6.61 Å². The van der Waals surface area contributed by atoms with E-state index in [1.165, 1.54) is 0 Å². The van der Waals surface area contributed by atoms with Crippen LogP contribution in [0.15, 0.2) is 24.3 Å². The lowest BCUT2D eigenvalue weighted by molar-refractivity contribution is -0.231. The summed E-state index contributed by atoms with van der Waals surface area (Å²) in [6, 6.07) is 6.74. The summed E-state index contributed by atoms with van der Waals surface area (Å²) in [7, 11) is 0. The van der Waals surface area contributed by atoms with E-state index in [1.807, 2.05) is 0 Å². The monoisotopic (exact) mass is 270 g/mol. The molecule has 106 valence electrons. The number of rotatable bonds is 3. The van der Waals surface area contributed by atoms with Crippen molar-refractivity contribution in [2.45, 2.75) is 37.1 Å². The van der Waals surface area contributed by atoms with Gasteiger partial charge in [-0.05, 0) is 11.1 Å². The van der Waals surface area contributed by atoms with Crippen molar-refractivity contribution < 1.29 is 30.3 Å². The maximum absolute atomic E-state index is 9.96. The molecule has 0 aliphatic carbocycles. The van der Waals surface area contributed by atoms with E-state index in [1.54, 1.807) is 24.3 Å². The van der Waals surface area contributed by atoms with E-state index in [0.29, 0.717) is 11.1 Å². The number of aliphatic hydroxyl groups excluding tert-OH is 5. The van der Waals surface area contributed by atoms with Gasteiger partial charge in [-0.15, -0.1) is 0 Å². The van der Waals surface area contributed by atoms with Gasteiger partial charge in [0, 0.05) is 0 Å². The highest BCUT2D eigenvalue weighted by Crippen LogP contribution is 2.32. The van der Waals surface area contributed by atoms with Gasteiger partial charge in [-0.3, -0.25) is 0 Å². The van der Waals surface area contributed by atoms with Gasteiger partial charge in [-0.25, -0.2) is 0 Å². The van der Waals surface area contributed by atoms with E-state index in [-0.39, 0.29) is 6.61 Å². The highest BCUT2D eigenvalue weighted by Gasteiger charge is 2.43. The fourth-order valence-electron chi connectivity index (χ4n) is 2.25. The number of hydrogen-bond acceptors (Lipinski definition) is 6. The van der Waals surface area contributed by atoms with Crippen LogP contribution in [-0.4, -0.2) is 56.6 Å². The molecule has 5 atom stereocenters. The van der Waals surface area contributed by atoms with Gasteiger partial charge in [0.1, 0.15) is 30.5 Å². The Morgan fingerprint density at radius 1 is 1.00 bits per heavy atom. The van der Waals surface area contributed by atoms with Crippen LogP contribution in [0.1, 0.15) is 17.2 Å². The van der Waals surface area contributed by atoms with Crippen LogP contribution in [-0.2, 0) is 11.3 Å². The van der Waals surface area contributed by atoms with E-state index >= 15 is 0 Å². The van der Waals surface area contributed by atoms with Crippen molar-refractivity contribution in [3.63, 3.8) is 0 Å². The van der Waals surface area contributed by atoms with Crippen LogP contribution in [0, 0.1) is 0 Å². The molecule has 0 radical (unpaired) electrons. The van der Waals surface area contributed by atoms with Crippen molar-refractivity contribution >= 4 is 0 Å². The third kappa shape index (κ3) is 2.79. The molecule has 1 aliphatic heterocycles. The van der Waals surface area contributed by atoms with Gasteiger partial charge in [-0.2, -0.15) is 0 Å². The van der Waals surface area contributed by atoms with Crippen molar-refractivity contribution in [3.05, 3.63) is 35.4 Å². The van der Waals surface area contributed by atoms with Crippen LogP contribution in [0.25, 0.3) is 0 Å². The summed E-state index contributed by atoms with van der Waals surface area (Å²) in [4.78, 5) is 0. The zero-order valence-electron chi connectivity index (χ0n) is 10.3. The standard InChI is InChI=1S/C13H18O6/c14-5-7-2-1-3-8(4-7)13-12(18)11(17)10(16)9(6-15)19-13/h1-4,9-18H,5-6H2/t9-,10-,11+,12+,13?/m1/s1. The molecule has 1 heterocycles. The Morgan fingerprint density at radius 2 is 1.74 bits per heavy atom. The second-order valence-electron chi connectivity index (χ2n) is 4.65. The molecule has 0 aromatic heterocycles. The summed E-state index contributed by atoms with van der Waals surface area (Å²) in [6.45, 7) is -0.605. The first kappa shape index (κ1) is 14.4. The van der Waals surface area contributed by atoms with E-state index < -0.39 is 37.1 Å². The summed E-state index contributed by atoms with van der Waals surface area (Å²) in [5.74, 6) is 0. The van der Waals surface area contributed by atoms with Crippen LogP contribution in [0.3, 0.4) is 0 Å². The lowest BCUT2D eigenvalue weighted by atomic mass is 9.91. The molecule has 19 heavy (non-hydrogen) atoms. The minimum absolute atomic E-state index is 0.148. The van der Waals surface area contributed by atoms with Crippen molar-refractivity contribution in [2.24, 2.45) is 0 Å². The fraction of sp³-hybridized carbons (Fsp3) is 0.538. The van der Waals surface area contributed by atoms with Crippen molar-refractivity contribution in [1.82, 2.24) is 0 Å². The van der Waals surface area contributed by atoms with Gasteiger partial charge in [0.15, 0.2) is 0 Å². The molecule has 1 unspecified atom stereocenters. The van der Waals surface area contributed by atoms with Crippen LogP contribution in [0.2, 0.25) is 0 Å². The van der Waals surface area contributed by atoms with Crippen molar-refractivity contribution in [3.8, 4) is 0 Å². The Bertz CT molecular complexity index is 421. The molecule has 1 aliphatic rings. The quantitative estimate of drug-likeness (QED) is 0.466. The van der Waals surface area contributed by atoms with E-state index in [2.05, 4.69) is 0 Å². The van der Waals surface area contributed by atoms with Crippen LogP contribution < -0.4 is 0 Å². The second kappa shape index (κ2) is 5.96. The van der Waals surface area contributed by atoms with Gasteiger partial charge in [0.25, 0.3) is 0 Å². The minimum atomic E-state index is -1.39. The minimum Gasteiger partial charge on any atom is -0.394 e. The molecule has 0 amide bonds. The SMILES string of the molecule is OCc1cccc(C2O[C@H](CO)[C@@H](O)[C@H](O)[C@@H]2O)c1. The lowest BCUT2D eigenvalue weighted by Gasteiger charge is -2.40. The molecule has 6 nitrogen and oxygen atoms in total. The zero-order chi connectivity index (χ0) is 14.0. The highest BCUT2D eigenvalue weighted by molar-refractivity contribution is 5.26. The van der Waals surface area contributed by atoms with Crippen LogP contribution in [0.4, 0.5) is 0 Å². The molecule has 1 saturated heterocycles. The molecule has 2 rings (SSSR count). The number of benzene rings is 1. The van der Waals surface area contributed by atoms with E-state index in [4.69, 9.17) is 14.9 Å². The van der Waals surface area contributed by atoms with Crippen LogP contribution >= 0.6 is 0 Å². The largest absolute Gasteiger partial charge is 0.394 e. The third-order valence-electron chi connectivity index (χ3n) is 3.35. The first-order chi connectivity index (χ1) is 9.08. The second-order valence-corrected chi connectivity index (χ2v) is 4.65. The average molecular weight is 270 g/mol. The number of ether oxygens (including phenoxy) is 1. The molecule has 0 spiro atoms. The molecule has 1 aromatic rings.